The second kappa shape index (κ2) is 4.75. The van der Waals surface area contributed by atoms with Crippen LogP contribution in [0.5, 0.6) is 0 Å². The summed E-state index contributed by atoms with van der Waals surface area (Å²) in [5.41, 5.74) is 1.04. The minimum atomic E-state index is -2.88. The molecular weight excluding hydrogens is 220 g/mol. The summed E-state index contributed by atoms with van der Waals surface area (Å²) in [7, 11) is -2.88. The molecule has 0 bridgehead atoms. The largest absolute Gasteiger partial charge is 0.360 e. The molecule has 0 atom stereocenters. The highest BCUT2D eigenvalue weighted by atomic mass is 32.2. The predicted octanol–water partition coefficient (Wildman–Crippen LogP) is 1.16. The molecule has 0 radical (unpaired) electrons. The monoisotopic (exact) mass is 234 g/mol. The SMILES string of the molecule is CCc1csc(NCCS(C)(=O)=O)n1. The lowest BCUT2D eigenvalue weighted by molar-refractivity contribution is 0.602. The van der Waals surface area contributed by atoms with Crippen LogP contribution in [0.1, 0.15) is 12.6 Å². The zero-order chi connectivity index (χ0) is 10.6. The van der Waals surface area contributed by atoms with E-state index in [4.69, 9.17) is 0 Å². The van der Waals surface area contributed by atoms with Crippen molar-refractivity contribution in [2.45, 2.75) is 13.3 Å². The number of aromatic nitrogens is 1. The maximum absolute atomic E-state index is 10.8. The number of aryl methyl sites for hydroxylation is 1. The Hall–Kier alpha value is -0.620. The summed E-state index contributed by atoms with van der Waals surface area (Å²) in [6, 6.07) is 0. The molecule has 1 N–H and O–H groups in total. The molecule has 6 heteroatoms. The van der Waals surface area contributed by atoms with Gasteiger partial charge in [-0.25, -0.2) is 13.4 Å². The van der Waals surface area contributed by atoms with Crippen molar-refractivity contribution >= 4 is 26.3 Å². The molecule has 80 valence electrons. The fourth-order valence-corrected chi connectivity index (χ4v) is 2.19. The van der Waals surface area contributed by atoms with Crippen LogP contribution in [-0.4, -0.2) is 32.0 Å². The van der Waals surface area contributed by atoms with Gasteiger partial charge < -0.3 is 5.32 Å². The standard InChI is InChI=1S/C8H14N2O2S2/c1-3-7-6-13-8(10-7)9-4-5-14(2,11)12/h6H,3-5H2,1-2H3,(H,9,10). The molecule has 0 unspecified atom stereocenters. The number of hydrogen-bond donors (Lipinski definition) is 1. The molecule has 0 aliphatic carbocycles. The Morgan fingerprint density at radius 1 is 1.57 bits per heavy atom. The van der Waals surface area contributed by atoms with Gasteiger partial charge in [-0.3, -0.25) is 0 Å². The molecule has 1 rings (SSSR count). The average Bonchev–Trinajstić information content (AvgIpc) is 2.50. The molecular formula is C8H14N2O2S2. The average molecular weight is 234 g/mol. The molecule has 4 nitrogen and oxygen atoms in total. The fraction of sp³-hybridized carbons (Fsp3) is 0.625. The van der Waals surface area contributed by atoms with Crippen molar-refractivity contribution in [3.05, 3.63) is 11.1 Å². The van der Waals surface area contributed by atoms with Crippen molar-refractivity contribution in [3.63, 3.8) is 0 Å². The smallest absolute Gasteiger partial charge is 0.182 e. The first kappa shape index (κ1) is 11.5. The summed E-state index contributed by atoms with van der Waals surface area (Å²) < 4.78 is 21.7. The van der Waals surface area contributed by atoms with Gasteiger partial charge in [-0.1, -0.05) is 6.92 Å². The quantitative estimate of drug-likeness (QED) is 0.830. The van der Waals surface area contributed by atoms with E-state index in [1.54, 1.807) is 0 Å². The van der Waals surface area contributed by atoms with Gasteiger partial charge in [0.25, 0.3) is 0 Å². The summed E-state index contributed by atoms with van der Waals surface area (Å²) in [5, 5.41) is 5.76. The molecule has 0 saturated heterocycles. The van der Waals surface area contributed by atoms with E-state index in [0.29, 0.717) is 6.54 Å². The van der Waals surface area contributed by atoms with Crippen molar-refractivity contribution in [1.82, 2.24) is 4.98 Å². The van der Waals surface area contributed by atoms with E-state index in [0.717, 1.165) is 17.2 Å². The van der Waals surface area contributed by atoms with Gasteiger partial charge in [0.15, 0.2) is 5.13 Å². The summed E-state index contributed by atoms with van der Waals surface area (Å²) in [4.78, 5) is 4.26. The van der Waals surface area contributed by atoms with Crippen LogP contribution in [-0.2, 0) is 16.3 Å². The first-order valence-electron chi connectivity index (χ1n) is 4.37. The van der Waals surface area contributed by atoms with E-state index in [9.17, 15) is 8.42 Å². The maximum Gasteiger partial charge on any atom is 0.182 e. The fourth-order valence-electron chi connectivity index (χ4n) is 0.894. The van der Waals surface area contributed by atoms with Crippen LogP contribution in [0.15, 0.2) is 5.38 Å². The molecule has 0 aromatic carbocycles. The van der Waals surface area contributed by atoms with Crippen LogP contribution < -0.4 is 5.32 Å². The molecule has 0 fully saturated rings. The number of thiazole rings is 1. The van der Waals surface area contributed by atoms with Crippen LogP contribution in [0, 0.1) is 0 Å². The molecule has 0 amide bonds. The third kappa shape index (κ3) is 4.06. The Labute approximate surface area is 88.3 Å². The minimum absolute atomic E-state index is 0.147. The number of nitrogens with zero attached hydrogens (tertiary/aromatic N) is 1. The zero-order valence-corrected chi connectivity index (χ0v) is 9.91. The topological polar surface area (TPSA) is 59.1 Å². The number of rotatable bonds is 5. The van der Waals surface area contributed by atoms with Crippen LogP contribution in [0.25, 0.3) is 0 Å². The lowest BCUT2D eigenvalue weighted by atomic mass is 10.4. The van der Waals surface area contributed by atoms with Crippen LogP contribution in [0.3, 0.4) is 0 Å². The highest BCUT2D eigenvalue weighted by molar-refractivity contribution is 7.90. The van der Waals surface area contributed by atoms with E-state index in [1.807, 2.05) is 12.3 Å². The Morgan fingerprint density at radius 3 is 2.79 bits per heavy atom. The van der Waals surface area contributed by atoms with Gasteiger partial charge in [0.05, 0.1) is 11.4 Å². The van der Waals surface area contributed by atoms with E-state index in [1.165, 1.54) is 17.6 Å². The summed E-state index contributed by atoms with van der Waals surface area (Å²) in [6.07, 6.45) is 2.14. The van der Waals surface area contributed by atoms with Crippen LogP contribution >= 0.6 is 11.3 Å². The maximum atomic E-state index is 10.8. The van der Waals surface area contributed by atoms with Gasteiger partial charge in [0, 0.05) is 18.2 Å². The second-order valence-corrected chi connectivity index (χ2v) is 6.17. The van der Waals surface area contributed by atoms with Crippen LogP contribution in [0.4, 0.5) is 5.13 Å². The van der Waals surface area contributed by atoms with Crippen molar-refractivity contribution < 1.29 is 8.42 Å². The van der Waals surface area contributed by atoms with Gasteiger partial charge in [0.2, 0.25) is 0 Å². The third-order valence-electron chi connectivity index (χ3n) is 1.66. The van der Waals surface area contributed by atoms with Gasteiger partial charge >= 0.3 is 0 Å². The number of hydrogen-bond acceptors (Lipinski definition) is 5. The highest BCUT2D eigenvalue weighted by Crippen LogP contribution is 2.14. The Kier molecular flexibility index (Phi) is 3.88. The number of anilines is 1. The van der Waals surface area contributed by atoms with Crippen molar-refractivity contribution in [2.24, 2.45) is 0 Å². The van der Waals surface area contributed by atoms with E-state index in [-0.39, 0.29) is 5.75 Å². The minimum Gasteiger partial charge on any atom is -0.360 e. The third-order valence-corrected chi connectivity index (χ3v) is 3.46. The summed E-state index contributed by atoms with van der Waals surface area (Å²) >= 11 is 1.51. The Bertz CT molecular complexity index is 384. The number of sulfone groups is 1. The van der Waals surface area contributed by atoms with Crippen LogP contribution in [0.2, 0.25) is 0 Å². The molecule has 1 heterocycles. The molecule has 0 aliphatic heterocycles. The van der Waals surface area contributed by atoms with Gasteiger partial charge in [0.1, 0.15) is 9.84 Å². The van der Waals surface area contributed by atoms with Gasteiger partial charge in [-0.2, -0.15) is 0 Å². The highest BCUT2D eigenvalue weighted by Gasteiger charge is 2.03. The number of nitrogens with one attached hydrogen (secondary N) is 1. The molecule has 0 saturated carbocycles. The summed E-state index contributed by atoms with van der Waals surface area (Å²) in [6.45, 7) is 2.46. The lowest BCUT2D eigenvalue weighted by Crippen LogP contribution is -2.13. The predicted molar refractivity (Wildman–Crippen MR) is 59.7 cm³/mol. The van der Waals surface area contributed by atoms with Gasteiger partial charge in [-0.05, 0) is 6.42 Å². The molecule has 0 spiro atoms. The molecule has 0 aliphatic rings. The lowest BCUT2D eigenvalue weighted by Gasteiger charge is -1.99. The van der Waals surface area contributed by atoms with Crippen molar-refractivity contribution in [1.29, 1.82) is 0 Å². The molecule has 14 heavy (non-hydrogen) atoms. The Morgan fingerprint density at radius 2 is 2.29 bits per heavy atom. The second-order valence-electron chi connectivity index (χ2n) is 3.05. The first-order chi connectivity index (χ1) is 6.51. The zero-order valence-electron chi connectivity index (χ0n) is 8.28. The summed E-state index contributed by atoms with van der Waals surface area (Å²) in [5.74, 6) is 0.147. The van der Waals surface area contributed by atoms with Gasteiger partial charge in [-0.15, -0.1) is 11.3 Å². The normalized spacial score (nSPS) is 11.6. The molecule has 1 aromatic heterocycles. The van der Waals surface area contributed by atoms with E-state index in [2.05, 4.69) is 10.3 Å². The molecule has 1 aromatic rings. The van der Waals surface area contributed by atoms with Crippen molar-refractivity contribution in [2.75, 3.05) is 23.9 Å². The Balaban J connectivity index is 2.39. The first-order valence-corrected chi connectivity index (χ1v) is 7.31. The van der Waals surface area contributed by atoms with E-state index >= 15 is 0 Å². The van der Waals surface area contributed by atoms with Crippen molar-refractivity contribution in [3.8, 4) is 0 Å². The van der Waals surface area contributed by atoms with E-state index < -0.39 is 9.84 Å².